The lowest BCUT2D eigenvalue weighted by Gasteiger charge is -2.04. The molecule has 0 unspecified atom stereocenters. The molecule has 0 bridgehead atoms. The summed E-state index contributed by atoms with van der Waals surface area (Å²) in [6.45, 7) is 2.02. The number of Topliss-reactive ketones (excluding diaryl/α,β-unsaturated/α-hetero) is 1. The van der Waals surface area contributed by atoms with Gasteiger partial charge in [-0.1, -0.05) is 13.0 Å². The van der Waals surface area contributed by atoms with Crippen LogP contribution in [0.3, 0.4) is 0 Å². The van der Waals surface area contributed by atoms with Crippen LogP contribution in [0.25, 0.3) is 0 Å². The topological polar surface area (TPSA) is 37.3 Å². The summed E-state index contributed by atoms with van der Waals surface area (Å²) >= 11 is 0. The molecule has 1 saturated carbocycles. The number of benzene rings is 1. The van der Waals surface area contributed by atoms with E-state index in [4.69, 9.17) is 0 Å². The lowest BCUT2D eigenvalue weighted by atomic mass is 10.0. The normalized spacial score (nSPS) is 15.5. The molecule has 0 saturated heterocycles. The van der Waals surface area contributed by atoms with E-state index >= 15 is 0 Å². The van der Waals surface area contributed by atoms with E-state index in [2.05, 4.69) is 0 Å². The highest BCUT2D eigenvalue weighted by molar-refractivity contribution is 6.01. The van der Waals surface area contributed by atoms with E-state index in [0.29, 0.717) is 5.56 Å². The van der Waals surface area contributed by atoms with Gasteiger partial charge < -0.3 is 5.11 Å². The van der Waals surface area contributed by atoms with E-state index in [9.17, 15) is 9.90 Å². The van der Waals surface area contributed by atoms with Crippen LogP contribution in [0.4, 0.5) is 0 Å². The number of rotatable bonds is 3. The molecule has 1 N–H and O–H groups in total. The van der Waals surface area contributed by atoms with Crippen LogP contribution in [0.2, 0.25) is 0 Å². The minimum absolute atomic E-state index is 0.102. The third kappa shape index (κ3) is 1.65. The number of carbonyl (C=O) groups excluding carboxylic acids is 1. The average Bonchev–Trinajstić information content (AvgIpc) is 3.00. The lowest BCUT2D eigenvalue weighted by Crippen LogP contribution is -2.01. The molecule has 2 nitrogen and oxygen atoms in total. The van der Waals surface area contributed by atoms with Gasteiger partial charge in [0.05, 0.1) is 5.56 Å². The number of ketones is 1. The molecule has 0 aromatic heterocycles. The Balaban J connectivity index is 2.29. The van der Waals surface area contributed by atoms with Gasteiger partial charge >= 0.3 is 0 Å². The highest BCUT2D eigenvalue weighted by atomic mass is 16.3. The number of aromatic hydroxyl groups is 1. The maximum atomic E-state index is 11.7. The van der Waals surface area contributed by atoms with Crippen molar-refractivity contribution in [3.63, 3.8) is 0 Å². The Hall–Kier alpha value is -1.31. The second kappa shape index (κ2) is 3.45. The average molecular weight is 190 g/mol. The third-order valence-electron chi connectivity index (χ3n) is 2.68. The number of aryl methyl sites for hydroxylation is 1. The monoisotopic (exact) mass is 190 g/mol. The highest BCUT2D eigenvalue weighted by Gasteiger charge is 2.31. The van der Waals surface area contributed by atoms with Crippen molar-refractivity contribution in [2.45, 2.75) is 26.2 Å². The van der Waals surface area contributed by atoms with E-state index in [0.717, 1.165) is 24.8 Å². The van der Waals surface area contributed by atoms with Gasteiger partial charge in [0.15, 0.2) is 5.78 Å². The third-order valence-corrected chi connectivity index (χ3v) is 2.68. The zero-order valence-electron chi connectivity index (χ0n) is 8.29. The molecule has 74 valence electrons. The van der Waals surface area contributed by atoms with Crippen LogP contribution in [-0.2, 0) is 6.42 Å². The first kappa shape index (κ1) is 9.25. The Morgan fingerprint density at radius 2 is 2.21 bits per heavy atom. The molecule has 1 aromatic carbocycles. The van der Waals surface area contributed by atoms with Crippen molar-refractivity contribution in [1.82, 2.24) is 0 Å². The van der Waals surface area contributed by atoms with Crippen LogP contribution in [0.1, 0.15) is 35.7 Å². The Kier molecular flexibility index (Phi) is 2.28. The SMILES string of the molecule is CCc1ccc(C(=O)C2CC2)c(O)c1. The maximum absolute atomic E-state index is 11.7. The van der Waals surface area contributed by atoms with Gasteiger partial charge in [-0.2, -0.15) is 0 Å². The maximum Gasteiger partial charge on any atom is 0.169 e. The van der Waals surface area contributed by atoms with Crippen molar-refractivity contribution < 1.29 is 9.90 Å². The summed E-state index contributed by atoms with van der Waals surface area (Å²) in [5, 5.41) is 9.65. The van der Waals surface area contributed by atoms with Crippen molar-refractivity contribution in [3.8, 4) is 5.75 Å². The fraction of sp³-hybridized carbons (Fsp3) is 0.417. The van der Waals surface area contributed by atoms with E-state index in [1.807, 2.05) is 13.0 Å². The van der Waals surface area contributed by atoms with E-state index in [1.165, 1.54) is 0 Å². The molecule has 1 aliphatic rings. The van der Waals surface area contributed by atoms with Crippen LogP contribution in [-0.4, -0.2) is 10.9 Å². The van der Waals surface area contributed by atoms with Gasteiger partial charge in [-0.05, 0) is 37.0 Å². The lowest BCUT2D eigenvalue weighted by molar-refractivity contribution is 0.0965. The van der Waals surface area contributed by atoms with Crippen molar-refractivity contribution in [2.24, 2.45) is 5.92 Å². The smallest absolute Gasteiger partial charge is 0.169 e. The molecule has 0 amide bonds. The summed E-state index contributed by atoms with van der Waals surface area (Å²) in [4.78, 5) is 11.7. The summed E-state index contributed by atoms with van der Waals surface area (Å²) < 4.78 is 0. The Morgan fingerprint density at radius 1 is 1.50 bits per heavy atom. The fourth-order valence-corrected chi connectivity index (χ4v) is 1.57. The van der Waals surface area contributed by atoms with E-state index < -0.39 is 0 Å². The molecule has 2 heteroatoms. The van der Waals surface area contributed by atoms with Crippen molar-refractivity contribution in [1.29, 1.82) is 0 Å². The van der Waals surface area contributed by atoms with Crippen molar-refractivity contribution >= 4 is 5.78 Å². The first-order chi connectivity index (χ1) is 6.72. The zero-order chi connectivity index (χ0) is 10.1. The molecule has 1 aliphatic carbocycles. The zero-order valence-corrected chi connectivity index (χ0v) is 8.29. The number of phenols is 1. The molecule has 0 atom stereocenters. The number of phenolic OH excluding ortho intramolecular Hbond substituents is 1. The second-order valence-corrected chi connectivity index (χ2v) is 3.84. The molecule has 0 heterocycles. The fourth-order valence-electron chi connectivity index (χ4n) is 1.57. The summed E-state index contributed by atoms with van der Waals surface area (Å²) in [5.74, 6) is 0.416. The minimum atomic E-state index is 0.102. The largest absolute Gasteiger partial charge is 0.507 e. The molecular weight excluding hydrogens is 176 g/mol. The Morgan fingerprint density at radius 3 is 2.71 bits per heavy atom. The Bertz CT molecular complexity index is 365. The first-order valence-corrected chi connectivity index (χ1v) is 5.08. The Labute approximate surface area is 83.6 Å². The summed E-state index contributed by atoms with van der Waals surface area (Å²) in [6, 6.07) is 5.35. The van der Waals surface area contributed by atoms with Gasteiger partial charge in [0, 0.05) is 5.92 Å². The van der Waals surface area contributed by atoms with Crippen LogP contribution in [0.15, 0.2) is 18.2 Å². The number of carbonyl (C=O) groups is 1. The summed E-state index contributed by atoms with van der Waals surface area (Å²) in [6.07, 6.45) is 2.84. The quantitative estimate of drug-likeness (QED) is 0.744. The van der Waals surface area contributed by atoms with E-state index in [-0.39, 0.29) is 17.5 Å². The van der Waals surface area contributed by atoms with Gasteiger partial charge in [-0.25, -0.2) is 0 Å². The molecule has 0 spiro atoms. The molecule has 1 fully saturated rings. The molecule has 2 rings (SSSR count). The van der Waals surface area contributed by atoms with Crippen molar-refractivity contribution in [2.75, 3.05) is 0 Å². The summed E-state index contributed by atoms with van der Waals surface area (Å²) in [5.41, 5.74) is 1.56. The molecular formula is C12H14O2. The first-order valence-electron chi connectivity index (χ1n) is 5.08. The number of hydrogen-bond donors (Lipinski definition) is 1. The van der Waals surface area contributed by atoms with Gasteiger partial charge in [-0.3, -0.25) is 4.79 Å². The van der Waals surface area contributed by atoms with Crippen molar-refractivity contribution in [3.05, 3.63) is 29.3 Å². The predicted octanol–water partition coefficient (Wildman–Crippen LogP) is 2.55. The summed E-state index contributed by atoms with van der Waals surface area (Å²) in [7, 11) is 0. The molecule has 0 radical (unpaired) electrons. The molecule has 14 heavy (non-hydrogen) atoms. The number of hydrogen-bond acceptors (Lipinski definition) is 2. The van der Waals surface area contributed by atoms with E-state index in [1.54, 1.807) is 12.1 Å². The standard InChI is InChI=1S/C12H14O2/c1-2-8-3-6-10(11(13)7-8)12(14)9-4-5-9/h3,6-7,9,13H,2,4-5H2,1H3. The van der Waals surface area contributed by atoms with Crippen LogP contribution in [0, 0.1) is 5.92 Å². The van der Waals surface area contributed by atoms with Crippen LogP contribution in [0.5, 0.6) is 5.75 Å². The van der Waals surface area contributed by atoms with Gasteiger partial charge in [0.1, 0.15) is 5.75 Å². The predicted molar refractivity (Wildman–Crippen MR) is 54.5 cm³/mol. The minimum Gasteiger partial charge on any atom is -0.507 e. The van der Waals surface area contributed by atoms with Gasteiger partial charge in [0.2, 0.25) is 0 Å². The second-order valence-electron chi connectivity index (χ2n) is 3.84. The highest BCUT2D eigenvalue weighted by Crippen LogP contribution is 2.35. The van der Waals surface area contributed by atoms with Gasteiger partial charge in [-0.15, -0.1) is 0 Å². The van der Waals surface area contributed by atoms with Crippen LogP contribution >= 0.6 is 0 Å². The molecule has 1 aromatic rings. The van der Waals surface area contributed by atoms with Gasteiger partial charge in [0.25, 0.3) is 0 Å². The molecule has 0 aliphatic heterocycles. The van der Waals surface area contributed by atoms with Crippen LogP contribution < -0.4 is 0 Å².